The number of ether oxygens (including phenoxy) is 3. The fourth-order valence-electron chi connectivity index (χ4n) is 4.79. The van der Waals surface area contributed by atoms with Crippen molar-refractivity contribution < 1.29 is 28.5 Å². The highest BCUT2D eigenvalue weighted by Crippen LogP contribution is 2.32. The van der Waals surface area contributed by atoms with Gasteiger partial charge in [0.2, 0.25) is 5.91 Å². The van der Waals surface area contributed by atoms with E-state index < -0.39 is 6.10 Å². The molecule has 0 aromatic heterocycles. The Morgan fingerprint density at radius 2 is 1.72 bits per heavy atom. The summed E-state index contributed by atoms with van der Waals surface area (Å²) < 4.78 is 30.0. The topological polar surface area (TPSA) is 77.0 Å². The van der Waals surface area contributed by atoms with Crippen LogP contribution in [0.5, 0.6) is 11.5 Å². The maximum absolute atomic E-state index is 13.5. The number of hydrogen-bond donors (Lipinski definition) is 2. The Bertz CT molecular complexity index is 996. The van der Waals surface area contributed by atoms with Crippen molar-refractivity contribution in [3.05, 3.63) is 59.4 Å². The van der Waals surface area contributed by atoms with Gasteiger partial charge in [-0.1, -0.05) is 45.9 Å². The predicted molar refractivity (Wildman–Crippen MR) is 153 cm³/mol. The summed E-state index contributed by atoms with van der Waals surface area (Å²) in [4.78, 5) is 12.9. The van der Waals surface area contributed by atoms with E-state index in [4.69, 9.17) is 14.2 Å². The molecule has 0 aliphatic heterocycles. The molecule has 2 unspecified atom stereocenters. The van der Waals surface area contributed by atoms with Gasteiger partial charge in [-0.05, 0) is 78.8 Å². The van der Waals surface area contributed by atoms with Gasteiger partial charge in [0.25, 0.3) is 0 Å². The molecule has 2 rings (SSSR count). The predicted octanol–water partition coefficient (Wildman–Crippen LogP) is 6.18. The van der Waals surface area contributed by atoms with Gasteiger partial charge in [0.15, 0.2) is 11.5 Å². The standard InChI is InChI=1S/C32H48FNO5/c1-22(2)26(17-24-11-14-30(38-6)31(19-24)39-16-8-15-37-5)12-13-28(35)20-29(23(3)4)32(36)34-21-25-9-7-10-27(33)18-25/h7,9-11,14,18-19,22-23,26,28-29,35H,8,12-13,15-17,20-21H2,1-6H3,(H,34,36)/t26?,28-,29?/m1/s1. The van der Waals surface area contributed by atoms with Crippen LogP contribution in [0.25, 0.3) is 0 Å². The number of aliphatic hydroxyl groups is 1. The van der Waals surface area contributed by atoms with Crippen LogP contribution in [0.15, 0.2) is 42.5 Å². The van der Waals surface area contributed by atoms with Crippen LogP contribution in [0.3, 0.4) is 0 Å². The molecule has 0 aliphatic carbocycles. The summed E-state index contributed by atoms with van der Waals surface area (Å²) in [7, 11) is 3.32. The Kier molecular flexibility index (Phi) is 14.3. The number of carbonyl (C=O) groups is 1. The number of carbonyl (C=O) groups excluding carboxylic acids is 1. The highest BCUT2D eigenvalue weighted by atomic mass is 19.1. The molecule has 0 aliphatic rings. The van der Waals surface area contributed by atoms with Gasteiger partial charge in [0.1, 0.15) is 5.82 Å². The lowest BCUT2D eigenvalue weighted by atomic mass is 9.82. The van der Waals surface area contributed by atoms with Gasteiger partial charge < -0.3 is 24.6 Å². The molecular weight excluding hydrogens is 497 g/mol. The number of hydrogen-bond acceptors (Lipinski definition) is 5. The molecule has 0 saturated heterocycles. The fourth-order valence-corrected chi connectivity index (χ4v) is 4.79. The molecular formula is C32H48FNO5. The zero-order chi connectivity index (χ0) is 28.8. The molecule has 0 heterocycles. The molecule has 6 nitrogen and oxygen atoms in total. The highest BCUT2D eigenvalue weighted by Gasteiger charge is 2.26. The molecule has 0 spiro atoms. The molecule has 1 amide bonds. The Morgan fingerprint density at radius 3 is 2.36 bits per heavy atom. The van der Waals surface area contributed by atoms with Crippen LogP contribution in [0, 0.1) is 29.5 Å². The van der Waals surface area contributed by atoms with E-state index in [0.29, 0.717) is 49.2 Å². The third-order valence-corrected chi connectivity index (χ3v) is 7.31. The summed E-state index contributed by atoms with van der Waals surface area (Å²) in [5.41, 5.74) is 1.88. The molecule has 2 aromatic carbocycles. The minimum absolute atomic E-state index is 0.0784. The average molecular weight is 546 g/mol. The lowest BCUT2D eigenvalue weighted by molar-refractivity contribution is -0.127. The molecule has 2 aromatic rings. The minimum Gasteiger partial charge on any atom is -0.493 e. The van der Waals surface area contributed by atoms with E-state index in [-0.39, 0.29) is 30.1 Å². The summed E-state index contributed by atoms with van der Waals surface area (Å²) >= 11 is 0. The third kappa shape index (κ3) is 11.6. The van der Waals surface area contributed by atoms with Crippen LogP contribution < -0.4 is 14.8 Å². The van der Waals surface area contributed by atoms with Crippen LogP contribution >= 0.6 is 0 Å². The minimum atomic E-state index is -0.575. The second kappa shape index (κ2) is 17.1. The monoisotopic (exact) mass is 545 g/mol. The first-order chi connectivity index (χ1) is 18.6. The first-order valence-electron chi connectivity index (χ1n) is 14.1. The Balaban J connectivity index is 1.94. The van der Waals surface area contributed by atoms with Gasteiger partial charge in [-0.2, -0.15) is 0 Å². The van der Waals surface area contributed by atoms with Crippen molar-refractivity contribution >= 4 is 5.91 Å². The number of rotatable bonds is 18. The molecule has 7 heteroatoms. The lowest BCUT2D eigenvalue weighted by Crippen LogP contribution is -2.35. The largest absolute Gasteiger partial charge is 0.493 e. The number of nitrogens with one attached hydrogen (secondary N) is 1. The molecule has 3 atom stereocenters. The van der Waals surface area contributed by atoms with E-state index in [9.17, 15) is 14.3 Å². The smallest absolute Gasteiger partial charge is 0.223 e. The SMILES string of the molecule is COCCCOc1cc(CC(CC[C@@H](O)CC(C(=O)NCc2cccc(F)c2)C(C)C)C(C)C)ccc1OC. The summed E-state index contributed by atoms with van der Waals surface area (Å²) in [6, 6.07) is 12.3. The molecule has 2 N–H and O–H groups in total. The number of benzene rings is 2. The Labute approximate surface area is 234 Å². The Morgan fingerprint density at radius 1 is 0.949 bits per heavy atom. The van der Waals surface area contributed by atoms with Crippen molar-refractivity contribution in [3.8, 4) is 11.5 Å². The normalized spacial score (nSPS) is 13.8. The van der Waals surface area contributed by atoms with Crippen molar-refractivity contribution in [3.63, 3.8) is 0 Å². The summed E-state index contributed by atoms with van der Waals surface area (Å²) in [6.07, 6.45) is 2.97. The molecule has 39 heavy (non-hydrogen) atoms. The van der Waals surface area contributed by atoms with Crippen molar-refractivity contribution in [2.75, 3.05) is 27.4 Å². The second-order valence-electron chi connectivity index (χ2n) is 11.1. The van der Waals surface area contributed by atoms with Crippen molar-refractivity contribution in [2.45, 2.75) is 72.4 Å². The van der Waals surface area contributed by atoms with Crippen molar-refractivity contribution in [1.82, 2.24) is 5.32 Å². The maximum Gasteiger partial charge on any atom is 0.223 e. The number of amides is 1. The van der Waals surface area contributed by atoms with E-state index in [2.05, 4.69) is 31.3 Å². The van der Waals surface area contributed by atoms with Crippen molar-refractivity contribution in [1.29, 1.82) is 0 Å². The van der Waals surface area contributed by atoms with E-state index in [0.717, 1.165) is 25.0 Å². The zero-order valence-corrected chi connectivity index (χ0v) is 24.5. The van der Waals surface area contributed by atoms with Crippen LogP contribution in [0.2, 0.25) is 0 Å². The fraction of sp³-hybridized carbons (Fsp3) is 0.594. The van der Waals surface area contributed by atoms with E-state index >= 15 is 0 Å². The molecule has 218 valence electrons. The van der Waals surface area contributed by atoms with Gasteiger partial charge in [0.05, 0.1) is 19.8 Å². The second-order valence-corrected chi connectivity index (χ2v) is 11.1. The molecule has 0 saturated carbocycles. The van der Waals surface area contributed by atoms with Crippen LogP contribution in [-0.4, -0.2) is 44.6 Å². The van der Waals surface area contributed by atoms with Gasteiger partial charge in [0, 0.05) is 32.6 Å². The maximum atomic E-state index is 13.5. The molecule has 0 radical (unpaired) electrons. The highest BCUT2D eigenvalue weighted by molar-refractivity contribution is 5.78. The van der Waals surface area contributed by atoms with E-state index in [1.807, 2.05) is 19.9 Å². The summed E-state index contributed by atoms with van der Waals surface area (Å²) in [5.74, 6) is 1.58. The van der Waals surface area contributed by atoms with E-state index in [1.165, 1.54) is 17.7 Å². The summed E-state index contributed by atoms with van der Waals surface area (Å²) in [5, 5.41) is 13.8. The van der Waals surface area contributed by atoms with Gasteiger partial charge in [-0.3, -0.25) is 4.79 Å². The lowest BCUT2D eigenvalue weighted by Gasteiger charge is -2.26. The van der Waals surface area contributed by atoms with Gasteiger partial charge >= 0.3 is 0 Å². The van der Waals surface area contributed by atoms with Crippen LogP contribution in [0.4, 0.5) is 4.39 Å². The van der Waals surface area contributed by atoms with Crippen molar-refractivity contribution in [2.24, 2.45) is 23.7 Å². The Hall–Kier alpha value is -2.64. The zero-order valence-electron chi connectivity index (χ0n) is 24.5. The average Bonchev–Trinajstić information content (AvgIpc) is 2.90. The number of halogens is 1. The van der Waals surface area contributed by atoms with Gasteiger partial charge in [-0.15, -0.1) is 0 Å². The first-order valence-corrected chi connectivity index (χ1v) is 14.1. The number of methoxy groups -OCH3 is 2. The quantitative estimate of drug-likeness (QED) is 0.219. The number of aliphatic hydroxyl groups excluding tert-OH is 1. The van der Waals surface area contributed by atoms with Gasteiger partial charge in [-0.25, -0.2) is 4.39 Å². The molecule has 0 bridgehead atoms. The van der Waals surface area contributed by atoms with Crippen LogP contribution in [-0.2, 0) is 22.5 Å². The molecule has 0 fully saturated rings. The summed E-state index contributed by atoms with van der Waals surface area (Å²) in [6.45, 7) is 9.88. The third-order valence-electron chi connectivity index (χ3n) is 7.31. The first kappa shape index (κ1) is 32.6. The van der Waals surface area contributed by atoms with Crippen LogP contribution in [0.1, 0.15) is 64.5 Å². The van der Waals surface area contributed by atoms with E-state index in [1.54, 1.807) is 26.4 Å².